The first-order chi connectivity index (χ1) is 15.5. The lowest BCUT2D eigenvalue weighted by Crippen LogP contribution is -2.17. The number of aryl methyl sites for hydroxylation is 1. The van der Waals surface area contributed by atoms with E-state index in [2.05, 4.69) is 24.0 Å². The molecule has 3 aromatic rings. The molecular formula is C26H28N2O4. The van der Waals surface area contributed by atoms with Crippen molar-refractivity contribution in [3.63, 3.8) is 0 Å². The van der Waals surface area contributed by atoms with Crippen LogP contribution in [0.3, 0.4) is 0 Å². The fraction of sp³-hybridized carbons (Fsp3) is 0.308. The van der Waals surface area contributed by atoms with E-state index in [1.54, 1.807) is 12.1 Å². The van der Waals surface area contributed by atoms with Gasteiger partial charge in [0.15, 0.2) is 0 Å². The lowest BCUT2D eigenvalue weighted by Gasteiger charge is -2.14. The molecule has 0 saturated carbocycles. The van der Waals surface area contributed by atoms with E-state index in [1.807, 2.05) is 18.2 Å². The van der Waals surface area contributed by atoms with E-state index in [0.717, 1.165) is 43.5 Å². The molecule has 32 heavy (non-hydrogen) atoms. The minimum absolute atomic E-state index is 0.174. The molecule has 0 atom stereocenters. The molecule has 6 nitrogen and oxygen atoms in total. The predicted octanol–water partition coefficient (Wildman–Crippen LogP) is 4.18. The first kappa shape index (κ1) is 21.8. The summed E-state index contributed by atoms with van der Waals surface area (Å²) in [7, 11) is 0. The van der Waals surface area contributed by atoms with Crippen molar-refractivity contribution >= 4 is 5.91 Å². The van der Waals surface area contributed by atoms with E-state index in [9.17, 15) is 9.59 Å². The molecule has 4 rings (SSSR count). The number of benzene rings is 2. The molecule has 0 bridgehead atoms. The van der Waals surface area contributed by atoms with Crippen LogP contribution in [0.2, 0.25) is 0 Å². The van der Waals surface area contributed by atoms with Gasteiger partial charge in [-0.1, -0.05) is 49.7 Å². The normalized spacial score (nSPS) is 13.2. The zero-order chi connectivity index (χ0) is 22.5. The number of primary amides is 1. The Kier molecular flexibility index (Phi) is 6.71. The van der Waals surface area contributed by atoms with Gasteiger partial charge in [0.2, 0.25) is 17.1 Å². The van der Waals surface area contributed by atoms with Gasteiger partial charge in [0.1, 0.15) is 18.6 Å². The highest BCUT2D eigenvalue weighted by Gasteiger charge is 2.19. The van der Waals surface area contributed by atoms with Crippen molar-refractivity contribution in [2.75, 3.05) is 0 Å². The minimum atomic E-state index is -0.430. The molecule has 2 aromatic carbocycles. The Morgan fingerprint density at radius 1 is 1.12 bits per heavy atom. The Morgan fingerprint density at radius 2 is 1.88 bits per heavy atom. The third-order valence-electron chi connectivity index (χ3n) is 5.77. The first-order valence-corrected chi connectivity index (χ1v) is 11.0. The number of carbonyl (C=O) groups excluding carboxylic acids is 1. The number of amides is 1. The molecule has 1 amide bonds. The number of nitrogens with zero attached hydrogens (tertiary/aromatic N) is 1. The van der Waals surface area contributed by atoms with E-state index < -0.39 is 5.91 Å². The highest BCUT2D eigenvalue weighted by molar-refractivity contribution is 5.94. The van der Waals surface area contributed by atoms with Crippen LogP contribution >= 0.6 is 0 Å². The van der Waals surface area contributed by atoms with Crippen LogP contribution in [0, 0.1) is 0 Å². The van der Waals surface area contributed by atoms with E-state index in [0.29, 0.717) is 17.9 Å². The summed E-state index contributed by atoms with van der Waals surface area (Å²) in [6, 6.07) is 15.3. The number of rotatable bonds is 9. The van der Waals surface area contributed by atoms with Crippen molar-refractivity contribution in [2.45, 2.75) is 52.4 Å². The third-order valence-corrected chi connectivity index (χ3v) is 5.77. The second-order valence-electron chi connectivity index (χ2n) is 8.24. The van der Waals surface area contributed by atoms with Crippen LogP contribution in [-0.2, 0) is 32.7 Å². The zero-order valence-electron chi connectivity index (χ0n) is 18.3. The van der Waals surface area contributed by atoms with Crippen molar-refractivity contribution in [1.29, 1.82) is 0 Å². The summed E-state index contributed by atoms with van der Waals surface area (Å²) in [5.74, 6) is 0.358. The molecule has 166 valence electrons. The predicted molar refractivity (Wildman–Crippen MR) is 122 cm³/mol. The van der Waals surface area contributed by atoms with Gasteiger partial charge in [0, 0.05) is 24.7 Å². The number of unbranched alkanes of at least 4 members (excludes halogenated alkanes) is 1. The van der Waals surface area contributed by atoms with Crippen molar-refractivity contribution in [1.82, 2.24) is 4.90 Å². The van der Waals surface area contributed by atoms with Gasteiger partial charge in [-0.2, -0.15) is 0 Å². The Bertz CT molecular complexity index is 1140. The summed E-state index contributed by atoms with van der Waals surface area (Å²) < 4.78 is 11.4. The molecule has 2 heterocycles. The number of ether oxygens (including phenoxy) is 1. The Labute approximate surface area is 187 Å². The smallest absolute Gasteiger partial charge is 0.248 e. The number of carbonyl (C=O) groups is 1. The maximum atomic E-state index is 12.5. The summed E-state index contributed by atoms with van der Waals surface area (Å²) in [6.45, 7) is 4.57. The quantitative estimate of drug-likeness (QED) is 0.548. The van der Waals surface area contributed by atoms with Gasteiger partial charge in [0.25, 0.3) is 0 Å². The standard InChI is InChI=1S/C26H28N2O4/c1-2-3-6-19-11-18(9-10-23(19)26(27)30)16-32-25-17-31-22(12-24(25)29)15-28-13-20-7-4-5-8-21(20)14-28/h4-5,7-12,17H,2-3,6,13-16H2,1H3,(H2,27,30). The van der Waals surface area contributed by atoms with Gasteiger partial charge in [-0.05, 0) is 41.2 Å². The summed E-state index contributed by atoms with van der Waals surface area (Å²) in [5, 5.41) is 0. The summed E-state index contributed by atoms with van der Waals surface area (Å²) >= 11 is 0. The molecule has 6 heteroatoms. The number of nitrogens with two attached hydrogens (primary N) is 1. The topological polar surface area (TPSA) is 85.8 Å². The summed E-state index contributed by atoms with van der Waals surface area (Å²) in [5.41, 5.74) is 10.2. The van der Waals surface area contributed by atoms with E-state index in [1.165, 1.54) is 23.5 Å². The highest BCUT2D eigenvalue weighted by atomic mass is 16.5. The van der Waals surface area contributed by atoms with Crippen molar-refractivity contribution in [3.8, 4) is 5.75 Å². The van der Waals surface area contributed by atoms with E-state index >= 15 is 0 Å². The van der Waals surface area contributed by atoms with Crippen LogP contribution in [0.1, 0.15) is 58.1 Å². The average Bonchev–Trinajstić information content (AvgIpc) is 3.19. The second kappa shape index (κ2) is 9.83. The lowest BCUT2D eigenvalue weighted by atomic mass is 9.99. The Hall–Kier alpha value is -3.38. The van der Waals surface area contributed by atoms with Crippen LogP contribution in [0.15, 0.2) is 64.0 Å². The molecule has 1 aliphatic heterocycles. The lowest BCUT2D eigenvalue weighted by molar-refractivity contribution is 0.0999. The molecule has 2 N–H and O–H groups in total. The monoisotopic (exact) mass is 432 g/mol. The molecule has 0 spiro atoms. The van der Waals surface area contributed by atoms with Crippen LogP contribution in [-0.4, -0.2) is 10.8 Å². The van der Waals surface area contributed by atoms with Crippen LogP contribution < -0.4 is 15.9 Å². The zero-order valence-corrected chi connectivity index (χ0v) is 18.3. The van der Waals surface area contributed by atoms with Crippen molar-refractivity contribution in [2.24, 2.45) is 5.73 Å². The van der Waals surface area contributed by atoms with Gasteiger partial charge in [0.05, 0.1) is 6.54 Å². The molecule has 1 aromatic heterocycles. The van der Waals surface area contributed by atoms with E-state index in [4.69, 9.17) is 14.9 Å². The number of hydrogen-bond acceptors (Lipinski definition) is 5. The second-order valence-corrected chi connectivity index (χ2v) is 8.24. The molecule has 0 fully saturated rings. The summed E-state index contributed by atoms with van der Waals surface area (Å²) in [4.78, 5) is 26.5. The van der Waals surface area contributed by atoms with E-state index in [-0.39, 0.29) is 17.8 Å². The molecule has 0 saturated heterocycles. The summed E-state index contributed by atoms with van der Waals surface area (Å²) in [6.07, 6.45) is 4.16. The molecule has 1 aliphatic rings. The maximum Gasteiger partial charge on any atom is 0.248 e. The van der Waals surface area contributed by atoms with Gasteiger partial charge < -0.3 is 14.9 Å². The Morgan fingerprint density at radius 3 is 2.53 bits per heavy atom. The molecule has 0 radical (unpaired) electrons. The van der Waals surface area contributed by atoms with Crippen LogP contribution in [0.5, 0.6) is 5.75 Å². The van der Waals surface area contributed by atoms with Gasteiger partial charge in [-0.15, -0.1) is 0 Å². The number of fused-ring (bicyclic) bond motifs is 1. The molecule has 0 unspecified atom stereocenters. The molecular weight excluding hydrogens is 404 g/mol. The van der Waals surface area contributed by atoms with Crippen molar-refractivity contribution in [3.05, 3.63) is 98.6 Å². The first-order valence-electron chi connectivity index (χ1n) is 11.0. The number of hydrogen-bond donors (Lipinski definition) is 1. The van der Waals surface area contributed by atoms with Crippen LogP contribution in [0.25, 0.3) is 0 Å². The minimum Gasteiger partial charge on any atom is -0.482 e. The SMILES string of the molecule is CCCCc1cc(COc2coc(CN3Cc4ccccc4C3)cc2=O)ccc1C(N)=O. The van der Waals surface area contributed by atoms with Gasteiger partial charge >= 0.3 is 0 Å². The highest BCUT2D eigenvalue weighted by Crippen LogP contribution is 2.24. The largest absolute Gasteiger partial charge is 0.482 e. The van der Waals surface area contributed by atoms with Gasteiger partial charge in [-0.25, -0.2) is 0 Å². The maximum absolute atomic E-state index is 12.5. The third kappa shape index (κ3) is 5.08. The average molecular weight is 433 g/mol. The van der Waals surface area contributed by atoms with Crippen LogP contribution in [0.4, 0.5) is 0 Å². The fourth-order valence-electron chi connectivity index (χ4n) is 4.07. The fourth-order valence-corrected chi connectivity index (χ4v) is 4.07. The Balaban J connectivity index is 1.39. The molecule has 0 aliphatic carbocycles. The van der Waals surface area contributed by atoms with Gasteiger partial charge in [-0.3, -0.25) is 14.5 Å². The van der Waals surface area contributed by atoms with Crippen molar-refractivity contribution < 1.29 is 13.9 Å².